The lowest BCUT2D eigenvalue weighted by atomic mass is 10.1. The molecule has 4 rings (SSSR count). The first-order valence-electron chi connectivity index (χ1n) is 7.89. The van der Waals surface area contributed by atoms with Gasteiger partial charge in [0.1, 0.15) is 11.3 Å². The third-order valence-corrected chi connectivity index (χ3v) is 4.75. The number of aryl methyl sites for hydroxylation is 2. The molecule has 0 atom stereocenters. The number of nitrogens with one attached hydrogen (secondary N) is 1. The van der Waals surface area contributed by atoms with Crippen LogP contribution in [0.4, 0.5) is 5.69 Å². The third-order valence-electron chi connectivity index (χ3n) is 3.98. The SMILES string of the molecule is Cc1nc(-c2ccc(NC(=O)c3c(C)nc4ccccn34)cc2)cs1. The number of fused-ring (bicyclic) bond motifs is 1. The molecule has 1 aromatic carbocycles. The second-order valence-corrected chi connectivity index (χ2v) is 6.82. The summed E-state index contributed by atoms with van der Waals surface area (Å²) in [7, 11) is 0. The summed E-state index contributed by atoms with van der Waals surface area (Å²) in [5.41, 5.74) is 4.75. The molecule has 25 heavy (non-hydrogen) atoms. The largest absolute Gasteiger partial charge is 0.321 e. The van der Waals surface area contributed by atoms with Crippen LogP contribution in [0, 0.1) is 13.8 Å². The Balaban J connectivity index is 1.59. The lowest BCUT2D eigenvalue weighted by molar-refractivity contribution is 0.102. The molecule has 0 aliphatic heterocycles. The van der Waals surface area contributed by atoms with E-state index >= 15 is 0 Å². The van der Waals surface area contributed by atoms with Gasteiger partial charge in [0.05, 0.1) is 16.4 Å². The zero-order valence-corrected chi connectivity index (χ0v) is 14.7. The first-order valence-corrected chi connectivity index (χ1v) is 8.77. The zero-order chi connectivity index (χ0) is 17.4. The van der Waals surface area contributed by atoms with Gasteiger partial charge in [-0.05, 0) is 38.1 Å². The van der Waals surface area contributed by atoms with E-state index in [0.29, 0.717) is 11.4 Å². The number of aromatic nitrogens is 3. The Bertz CT molecular complexity index is 1060. The van der Waals surface area contributed by atoms with Gasteiger partial charge in [0, 0.05) is 22.8 Å². The summed E-state index contributed by atoms with van der Waals surface area (Å²) >= 11 is 1.62. The van der Waals surface area contributed by atoms with Crippen molar-refractivity contribution in [3.05, 3.63) is 70.4 Å². The number of pyridine rings is 1. The second kappa shape index (κ2) is 6.14. The van der Waals surface area contributed by atoms with Crippen LogP contribution in [-0.4, -0.2) is 20.3 Å². The number of anilines is 1. The molecule has 0 aliphatic rings. The highest BCUT2D eigenvalue weighted by Gasteiger charge is 2.16. The number of thiazole rings is 1. The van der Waals surface area contributed by atoms with Gasteiger partial charge < -0.3 is 5.32 Å². The molecule has 0 saturated carbocycles. The van der Waals surface area contributed by atoms with E-state index in [1.807, 2.05) is 67.9 Å². The standard InChI is InChI=1S/C19H16N4OS/c1-12-18(23-10-4-3-5-17(23)20-12)19(24)22-15-8-6-14(7-9-15)16-11-25-13(2)21-16/h3-11H,1-2H3,(H,22,24). The second-order valence-electron chi connectivity index (χ2n) is 5.76. The molecular weight excluding hydrogens is 332 g/mol. The van der Waals surface area contributed by atoms with Crippen LogP contribution < -0.4 is 5.32 Å². The van der Waals surface area contributed by atoms with E-state index in [0.717, 1.165) is 27.6 Å². The van der Waals surface area contributed by atoms with Gasteiger partial charge in [0.15, 0.2) is 0 Å². The Kier molecular flexibility index (Phi) is 3.82. The molecule has 0 unspecified atom stereocenters. The molecular formula is C19H16N4OS. The first-order chi connectivity index (χ1) is 12.1. The molecule has 0 radical (unpaired) electrons. The van der Waals surface area contributed by atoms with Crippen molar-refractivity contribution in [3.8, 4) is 11.3 Å². The average molecular weight is 348 g/mol. The normalized spacial score (nSPS) is 11.0. The van der Waals surface area contributed by atoms with Gasteiger partial charge in [-0.2, -0.15) is 0 Å². The Morgan fingerprint density at radius 2 is 1.88 bits per heavy atom. The fourth-order valence-electron chi connectivity index (χ4n) is 2.80. The number of amides is 1. The van der Waals surface area contributed by atoms with Crippen LogP contribution in [0.5, 0.6) is 0 Å². The molecule has 0 bridgehead atoms. The van der Waals surface area contributed by atoms with Crippen molar-refractivity contribution < 1.29 is 4.79 Å². The summed E-state index contributed by atoms with van der Waals surface area (Å²) in [6.07, 6.45) is 1.85. The number of benzene rings is 1. The number of hydrogen-bond acceptors (Lipinski definition) is 4. The number of imidazole rings is 1. The smallest absolute Gasteiger partial charge is 0.274 e. The van der Waals surface area contributed by atoms with Crippen molar-refractivity contribution in [1.82, 2.24) is 14.4 Å². The monoisotopic (exact) mass is 348 g/mol. The summed E-state index contributed by atoms with van der Waals surface area (Å²) in [5, 5.41) is 6.01. The molecule has 3 aromatic heterocycles. The van der Waals surface area contributed by atoms with Crippen LogP contribution in [0.1, 0.15) is 21.2 Å². The van der Waals surface area contributed by atoms with Gasteiger partial charge >= 0.3 is 0 Å². The first kappa shape index (κ1) is 15.5. The number of carbonyl (C=O) groups is 1. The van der Waals surface area contributed by atoms with E-state index in [2.05, 4.69) is 15.3 Å². The van der Waals surface area contributed by atoms with E-state index in [1.54, 1.807) is 15.7 Å². The van der Waals surface area contributed by atoms with Crippen LogP contribution in [0.25, 0.3) is 16.9 Å². The molecule has 4 aromatic rings. The van der Waals surface area contributed by atoms with Crippen LogP contribution in [0.15, 0.2) is 54.0 Å². The highest BCUT2D eigenvalue weighted by molar-refractivity contribution is 7.09. The number of nitrogens with zero attached hydrogens (tertiary/aromatic N) is 3. The summed E-state index contributed by atoms with van der Waals surface area (Å²) in [4.78, 5) is 21.6. The fourth-order valence-corrected chi connectivity index (χ4v) is 3.42. The van der Waals surface area contributed by atoms with Gasteiger partial charge in [-0.1, -0.05) is 18.2 Å². The van der Waals surface area contributed by atoms with Crippen molar-refractivity contribution in [2.24, 2.45) is 0 Å². The number of rotatable bonds is 3. The highest BCUT2D eigenvalue weighted by Crippen LogP contribution is 2.23. The predicted molar refractivity (Wildman–Crippen MR) is 100 cm³/mol. The fraction of sp³-hybridized carbons (Fsp3) is 0.105. The van der Waals surface area contributed by atoms with E-state index in [1.165, 1.54) is 0 Å². The van der Waals surface area contributed by atoms with Crippen molar-refractivity contribution in [3.63, 3.8) is 0 Å². The highest BCUT2D eigenvalue weighted by atomic mass is 32.1. The minimum absolute atomic E-state index is 0.173. The molecule has 0 aliphatic carbocycles. The van der Waals surface area contributed by atoms with Crippen molar-refractivity contribution in [2.45, 2.75) is 13.8 Å². The minimum Gasteiger partial charge on any atom is -0.321 e. The maximum absolute atomic E-state index is 12.7. The van der Waals surface area contributed by atoms with Crippen LogP contribution >= 0.6 is 11.3 Å². The lowest BCUT2D eigenvalue weighted by Crippen LogP contribution is -2.15. The summed E-state index contributed by atoms with van der Waals surface area (Å²) in [6.45, 7) is 3.83. The third kappa shape index (κ3) is 2.92. The maximum atomic E-state index is 12.7. The number of hydrogen-bond donors (Lipinski definition) is 1. The molecule has 124 valence electrons. The summed E-state index contributed by atoms with van der Waals surface area (Å²) in [5.74, 6) is -0.173. The van der Waals surface area contributed by atoms with Gasteiger partial charge in [-0.25, -0.2) is 9.97 Å². The van der Waals surface area contributed by atoms with E-state index in [4.69, 9.17) is 0 Å². The molecule has 1 amide bonds. The molecule has 6 heteroatoms. The predicted octanol–water partition coefficient (Wildman–Crippen LogP) is 4.33. The summed E-state index contributed by atoms with van der Waals surface area (Å²) in [6, 6.07) is 13.4. The lowest BCUT2D eigenvalue weighted by Gasteiger charge is -2.07. The molecule has 5 nitrogen and oxygen atoms in total. The van der Waals surface area contributed by atoms with Crippen molar-refractivity contribution in [2.75, 3.05) is 5.32 Å². The number of carbonyl (C=O) groups excluding carboxylic acids is 1. The van der Waals surface area contributed by atoms with Crippen LogP contribution in [0.2, 0.25) is 0 Å². The Morgan fingerprint density at radius 3 is 2.60 bits per heavy atom. The van der Waals surface area contributed by atoms with Gasteiger partial charge in [-0.15, -0.1) is 11.3 Å². The summed E-state index contributed by atoms with van der Waals surface area (Å²) < 4.78 is 1.80. The zero-order valence-electron chi connectivity index (χ0n) is 13.9. The van der Waals surface area contributed by atoms with Crippen molar-refractivity contribution >= 4 is 28.6 Å². The molecule has 3 heterocycles. The minimum atomic E-state index is -0.173. The van der Waals surface area contributed by atoms with E-state index in [-0.39, 0.29) is 5.91 Å². The molecule has 1 N–H and O–H groups in total. The topological polar surface area (TPSA) is 59.3 Å². The average Bonchev–Trinajstić information content (AvgIpc) is 3.18. The molecule has 0 saturated heterocycles. The van der Waals surface area contributed by atoms with Gasteiger partial charge in [0.2, 0.25) is 0 Å². The quantitative estimate of drug-likeness (QED) is 0.599. The van der Waals surface area contributed by atoms with E-state index < -0.39 is 0 Å². The Labute approximate surface area is 149 Å². The van der Waals surface area contributed by atoms with Crippen molar-refractivity contribution in [1.29, 1.82) is 0 Å². The maximum Gasteiger partial charge on any atom is 0.274 e. The van der Waals surface area contributed by atoms with Crippen LogP contribution in [-0.2, 0) is 0 Å². The van der Waals surface area contributed by atoms with E-state index in [9.17, 15) is 4.79 Å². The van der Waals surface area contributed by atoms with Gasteiger partial charge in [0.25, 0.3) is 5.91 Å². The molecule has 0 spiro atoms. The molecule has 0 fully saturated rings. The van der Waals surface area contributed by atoms with Gasteiger partial charge in [-0.3, -0.25) is 9.20 Å². The Hall–Kier alpha value is -2.99. The Morgan fingerprint density at radius 1 is 1.08 bits per heavy atom. The van der Waals surface area contributed by atoms with Crippen LogP contribution in [0.3, 0.4) is 0 Å².